The third-order valence-corrected chi connectivity index (χ3v) is 0.581. The lowest BCUT2D eigenvalue weighted by molar-refractivity contribution is 1.08. The monoisotopic (exact) mass is 97.0 g/mol. The minimum Gasteiger partial charge on any atom is -0.313 e. The van der Waals surface area contributed by atoms with Crippen LogP contribution in [0.4, 0.5) is 0 Å². The summed E-state index contributed by atoms with van der Waals surface area (Å²) in [7, 11) is 0. The van der Waals surface area contributed by atoms with Gasteiger partial charge in [0.05, 0.1) is 0 Å². The first kappa shape index (κ1) is 4.05. The molecule has 0 atom stereocenters. The molecule has 0 radical (unpaired) electrons. The van der Waals surface area contributed by atoms with Crippen LogP contribution in [-0.4, -0.2) is 9.97 Å². The summed E-state index contributed by atoms with van der Waals surface area (Å²) in [5, 5.41) is 0. The molecule has 7 heavy (non-hydrogen) atoms. The second-order valence-electron chi connectivity index (χ2n) is 1.09. The predicted octanol–water partition coefficient (Wildman–Crippen LogP) is -0.118. The van der Waals surface area contributed by atoms with E-state index in [9.17, 15) is 4.79 Å². The lowest BCUT2D eigenvalue weighted by Gasteiger charge is -1.72. The van der Waals surface area contributed by atoms with E-state index >= 15 is 0 Å². The van der Waals surface area contributed by atoms with Gasteiger partial charge in [-0.2, -0.15) is 0 Å². The zero-order chi connectivity index (χ0) is 5.11. The quantitative estimate of drug-likeness (QED) is 0.490. The van der Waals surface area contributed by atoms with Crippen molar-refractivity contribution in [3.05, 3.63) is 28.9 Å². The SMILES string of the molecule is O=c1nccc[nH]1.[H+]. The van der Waals surface area contributed by atoms with Crippen LogP contribution in [0, 0.1) is 0 Å². The van der Waals surface area contributed by atoms with Crippen LogP contribution >= 0.6 is 0 Å². The summed E-state index contributed by atoms with van der Waals surface area (Å²) in [6.07, 6.45) is 2.98. The Morgan fingerprint density at radius 3 is 3.00 bits per heavy atom. The van der Waals surface area contributed by atoms with Crippen molar-refractivity contribution >= 4 is 0 Å². The fourth-order valence-electron chi connectivity index (χ4n) is 0.310. The lowest BCUT2D eigenvalue weighted by Crippen LogP contribution is -2.05. The van der Waals surface area contributed by atoms with Gasteiger partial charge in [0.1, 0.15) is 0 Å². The number of nitrogens with zero attached hydrogens (tertiary/aromatic N) is 1. The smallest absolute Gasteiger partial charge is 0.313 e. The molecule has 1 aromatic rings. The van der Waals surface area contributed by atoms with Crippen LogP contribution in [0.1, 0.15) is 1.43 Å². The summed E-state index contributed by atoms with van der Waals surface area (Å²) >= 11 is 0. The number of aromatic nitrogens is 2. The van der Waals surface area contributed by atoms with Crippen molar-refractivity contribution in [3.8, 4) is 0 Å². The third-order valence-electron chi connectivity index (χ3n) is 0.581. The molecule has 0 spiro atoms. The van der Waals surface area contributed by atoms with E-state index in [1.165, 1.54) is 12.4 Å². The van der Waals surface area contributed by atoms with Gasteiger partial charge in [-0.1, -0.05) is 0 Å². The number of nitrogens with one attached hydrogen (secondary N) is 1. The first-order valence-electron chi connectivity index (χ1n) is 1.89. The van der Waals surface area contributed by atoms with Crippen LogP contribution in [0.3, 0.4) is 0 Å². The van der Waals surface area contributed by atoms with E-state index in [1.807, 2.05) is 0 Å². The van der Waals surface area contributed by atoms with Crippen LogP contribution in [0.5, 0.6) is 0 Å². The highest BCUT2D eigenvalue weighted by atomic mass is 16.1. The van der Waals surface area contributed by atoms with E-state index in [-0.39, 0.29) is 7.12 Å². The van der Waals surface area contributed by atoms with Gasteiger partial charge in [0.25, 0.3) is 0 Å². The van der Waals surface area contributed by atoms with Crippen LogP contribution in [0.2, 0.25) is 0 Å². The summed E-state index contributed by atoms with van der Waals surface area (Å²) in [6.45, 7) is 0. The van der Waals surface area contributed by atoms with E-state index in [0.717, 1.165) is 0 Å². The number of hydrogen-bond donors (Lipinski definition) is 1. The summed E-state index contributed by atoms with van der Waals surface area (Å²) in [4.78, 5) is 15.8. The minimum absolute atomic E-state index is 0. The largest absolute Gasteiger partial charge is 1.00 e. The highest BCUT2D eigenvalue weighted by Crippen LogP contribution is 1.60. The molecule has 0 aliphatic heterocycles. The highest BCUT2D eigenvalue weighted by molar-refractivity contribution is 4.75. The second-order valence-corrected chi connectivity index (χ2v) is 1.09. The number of hydrogen-bond acceptors (Lipinski definition) is 2. The van der Waals surface area contributed by atoms with E-state index in [4.69, 9.17) is 0 Å². The summed E-state index contributed by atoms with van der Waals surface area (Å²) < 4.78 is 0. The number of rotatable bonds is 0. The van der Waals surface area contributed by atoms with Crippen molar-refractivity contribution in [2.24, 2.45) is 0 Å². The highest BCUT2D eigenvalue weighted by Gasteiger charge is 1.70. The molecule has 0 aliphatic carbocycles. The molecule has 1 rings (SSSR count). The van der Waals surface area contributed by atoms with Gasteiger partial charge in [0, 0.05) is 12.4 Å². The molecular formula is C4H5N2O+. The fraction of sp³-hybridized carbons (Fsp3) is 0. The molecule has 3 heteroatoms. The van der Waals surface area contributed by atoms with Crippen molar-refractivity contribution < 1.29 is 1.43 Å². The maximum absolute atomic E-state index is 10.1. The standard InChI is InChI=1S/C4H4N2O/c7-4-5-2-1-3-6-4/h1-3H,(H,5,6,7)/p+1. The van der Waals surface area contributed by atoms with Crippen LogP contribution in [0.15, 0.2) is 23.3 Å². The maximum atomic E-state index is 10.1. The molecule has 0 aliphatic rings. The van der Waals surface area contributed by atoms with Crippen LogP contribution in [-0.2, 0) is 0 Å². The first-order valence-corrected chi connectivity index (χ1v) is 1.89. The zero-order valence-corrected chi connectivity index (χ0v) is 3.59. The van der Waals surface area contributed by atoms with Crippen molar-refractivity contribution in [3.63, 3.8) is 0 Å². The average molecular weight is 97.1 g/mol. The van der Waals surface area contributed by atoms with Crippen LogP contribution < -0.4 is 5.69 Å². The molecular weight excluding hydrogens is 92.1 g/mol. The van der Waals surface area contributed by atoms with E-state index in [2.05, 4.69) is 9.97 Å². The number of H-pyrrole nitrogens is 1. The predicted molar refractivity (Wildman–Crippen MR) is 26.0 cm³/mol. The fourth-order valence-corrected chi connectivity index (χ4v) is 0.310. The Morgan fingerprint density at radius 1 is 1.86 bits per heavy atom. The first-order chi connectivity index (χ1) is 3.39. The minimum atomic E-state index is -0.303. The summed E-state index contributed by atoms with van der Waals surface area (Å²) in [6, 6.07) is 1.65. The van der Waals surface area contributed by atoms with Gasteiger partial charge >= 0.3 is 7.12 Å². The Hall–Kier alpha value is -1.12. The van der Waals surface area contributed by atoms with Gasteiger partial charge in [0.15, 0.2) is 0 Å². The lowest BCUT2D eigenvalue weighted by atomic mass is 10.7. The summed E-state index contributed by atoms with van der Waals surface area (Å²) in [5.74, 6) is 0. The Balaban J connectivity index is 0.000000490. The van der Waals surface area contributed by atoms with Gasteiger partial charge in [0.2, 0.25) is 0 Å². The summed E-state index contributed by atoms with van der Waals surface area (Å²) in [5.41, 5.74) is -0.303. The van der Waals surface area contributed by atoms with E-state index in [1.54, 1.807) is 6.07 Å². The normalized spacial score (nSPS) is 8.57. The van der Waals surface area contributed by atoms with Gasteiger partial charge in [-0.3, -0.25) is 0 Å². The third kappa shape index (κ3) is 0.855. The Labute approximate surface area is 41.5 Å². The van der Waals surface area contributed by atoms with Gasteiger partial charge in [-0.15, -0.1) is 0 Å². The van der Waals surface area contributed by atoms with Crippen LogP contribution in [0.25, 0.3) is 0 Å². The topological polar surface area (TPSA) is 45.8 Å². The van der Waals surface area contributed by atoms with E-state index in [0.29, 0.717) is 0 Å². The van der Waals surface area contributed by atoms with Crippen molar-refractivity contribution in [1.82, 2.24) is 9.97 Å². The zero-order valence-electron chi connectivity index (χ0n) is 4.59. The van der Waals surface area contributed by atoms with Crippen molar-refractivity contribution in [1.29, 1.82) is 0 Å². The molecule has 0 amide bonds. The number of aromatic amines is 1. The Morgan fingerprint density at radius 2 is 2.71 bits per heavy atom. The molecule has 36 valence electrons. The second kappa shape index (κ2) is 1.55. The Bertz CT molecular complexity index is 180. The average Bonchev–Trinajstić information content (AvgIpc) is 1.69. The van der Waals surface area contributed by atoms with Crippen molar-refractivity contribution in [2.75, 3.05) is 0 Å². The molecule has 0 saturated carbocycles. The molecule has 1 N–H and O–H groups in total. The van der Waals surface area contributed by atoms with Gasteiger partial charge < -0.3 is 4.98 Å². The molecule has 0 aromatic carbocycles. The molecule has 3 nitrogen and oxygen atoms in total. The van der Waals surface area contributed by atoms with E-state index < -0.39 is 0 Å². The molecule has 0 unspecified atom stereocenters. The molecule has 0 saturated heterocycles. The van der Waals surface area contributed by atoms with Gasteiger partial charge in [-0.25, -0.2) is 9.78 Å². The maximum Gasteiger partial charge on any atom is 1.00 e. The molecule has 0 bridgehead atoms. The molecule has 1 aromatic heterocycles. The van der Waals surface area contributed by atoms with Crippen molar-refractivity contribution in [2.45, 2.75) is 0 Å². The Kier molecular flexibility index (Phi) is 0.898. The molecule has 1 heterocycles. The van der Waals surface area contributed by atoms with Gasteiger partial charge in [-0.05, 0) is 6.07 Å². The molecule has 0 fully saturated rings.